The van der Waals surface area contributed by atoms with E-state index in [0.717, 1.165) is 23.3 Å². The summed E-state index contributed by atoms with van der Waals surface area (Å²) in [6.45, 7) is 1.99. The molecular formula is C19H24N2OS. The van der Waals surface area contributed by atoms with E-state index in [9.17, 15) is 4.79 Å². The van der Waals surface area contributed by atoms with E-state index in [2.05, 4.69) is 10.6 Å². The minimum atomic E-state index is -0.115. The van der Waals surface area contributed by atoms with E-state index in [1.165, 1.54) is 38.5 Å². The number of hydrogen-bond donors (Lipinski definition) is 2. The lowest BCUT2D eigenvalue weighted by molar-refractivity contribution is -0.0101. The van der Waals surface area contributed by atoms with Gasteiger partial charge in [0.2, 0.25) is 0 Å². The van der Waals surface area contributed by atoms with Crippen LogP contribution in [0, 0.1) is 24.7 Å². The highest BCUT2D eigenvalue weighted by Gasteiger charge is 2.51. The van der Waals surface area contributed by atoms with Crippen LogP contribution >= 0.6 is 12.2 Å². The van der Waals surface area contributed by atoms with Gasteiger partial charge in [-0.25, -0.2) is 0 Å². The molecule has 0 heterocycles. The largest absolute Gasteiger partial charge is 0.357 e. The smallest absolute Gasteiger partial charge is 0.257 e. The van der Waals surface area contributed by atoms with Crippen molar-refractivity contribution >= 4 is 23.2 Å². The van der Waals surface area contributed by atoms with Crippen LogP contribution in [0.2, 0.25) is 0 Å². The second-order valence-electron chi connectivity index (χ2n) is 7.98. The zero-order chi connectivity index (χ0) is 16.0. The quantitative estimate of drug-likeness (QED) is 0.816. The summed E-state index contributed by atoms with van der Waals surface area (Å²) in [6.07, 6.45) is 7.88. The van der Waals surface area contributed by atoms with Crippen molar-refractivity contribution in [2.45, 2.75) is 51.0 Å². The Morgan fingerprint density at radius 1 is 1.13 bits per heavy atom. The summed E-state index contributed by atoms with van der Waals surface area (Å²) in [4.78, 5) is 12.4. The van der Waals surface area contributed by atoms with Crippen LogP contribution in [0.1, 0.15) is 54.4 Å². The van der Waals surface area contributed by atoms with E-state index < -0.39 is 0 Å². The topological polar surface area (TPSA) is 41.1 Å². The third-order valence-electron chi connectivity index (χ3n) is 5.92. The molecule has 122 valence electrons. The molecule has 0 unspecified atom stereocenters. The summed E-state index contributed by atoms with van der Waals surface area (Å²) in [7, 11) is 0. The van der Waals surface area contributed by atoms with Gasteiger partial charge in [-0.3, -0.25) is 10.1 Å². The zero-order valence-electron chi connectivity index (χ0n) is 13.6. The Morgan fingerprint density at radius 3 is 2.30 bits per heavy atom. The summed E-state index contributed by atoms with van der Waals surface area (Å²) in [6, 6.07) is 7.61. The van der Waals surface area contributed by atoms with E-state index in [1.807, 2.05) is 31.2 Å². The van der Waals surface area contributed by atoms with Crippen LogP contribution < -0.4 is 10.6 Å². The minimum absolute atomic E-state index is 0.115. The predicted octanol–water partition coefficient (Wildman–Crippen LogP) is 3.57. The number of carbonyl (C=O) groups excluding carboxylic acids is 1. The summed E-state index contributed by atoms with van der Waals surface area (Å²) >= 11 is 5.46. The van der Waals surface area contributed by atoms with Crippen LogP contribution in [0.3, 0.4) is 0 Å². The van der Waals surface area contributed by atoms with E-state index in [1.54, 1.807) is 0 Å². The molecule has 0 spiro atoms. The molecule has 0 aliphatic heterocycles. The number of hydrogen-bond acceptors (Lipinski definition) is 2. The summed E-state index contributed by atoms with van der Waals surface area (Å²) < 4.78 is 0. The second kappa shape index (κ2) is 5.59. The Hall–Kier alpha value is -1.42. The molecule has 1 aromatic rings. The third-order valence-corrected chi connectivity index (χ3v) is 6.13. The molecule has 0 radical (unpaired) electrons. The number of benzene rings is 1. The van der Waals surface area contributed by atoms with Crippen LogP contribution in [-0.2, 0) is 0 Å². The van der Waals surface area contributed by atoms with Crippen molar-refractivity contribution in [2.24, 2.45) is 17.8 Å². The maximum atomic E-state index is 12.4. The first kappa shape index (κ1) is 15.1. The Labute approximate surface area is 143 Å². The van der Waals surface area contributed by atoms with Gasteiger partial charge in [-0.05, 0) is 87.6 Å². The standard InChI is InChI=1S/C19H24N2OS/c1-12-3-2-4-16(5-12)17(22)20-18(23)21-19-9-13-6-14(10-19)8-15(7-13)11-19/h2-5,13-15H,6-11H2,1H3,(H2,20,21,22,23). The minimum Gasteiger partial charge on any atom is -0.357 e. The van der Waals surface area contributed by atoms with Gasteiger partial charge in [-0.15, -0.1) is 0 Å². The average molecular weight is 328 g/mol. The van der Waals surface area contributed by atoms with E-state index in [-0.39, 0.29) is 11.4 Å². The van der Waals surface area contributed by atoms with Gasteiger partial charge in [0.25, 0.3) is 5.91 Å². The van der Waals surface area contributed by atoms with Crippen molar-refractivity contribution in [1.82, 2.24) is 10.6 Å². The molecule has 2 N–H and O–H groups in total. The van der Waals surface area contributed by atoms with E-state index >= 15 is 0 Å². The van der Waals surface area contributed by atoms with Gasteiger partial charge in [0.1, 0.15) is 0 Å². The molecule has 5 rings (SSSR count). The van der Waals surface area contributed by atoms with Crippen molar-refractivity contribution in [2.75, 3.05) is 0 Å². The van der Waals surface area contributed by atoms with Crippen LogP contribution in [-0.4, -0.2) is 16.6 Å². The molecule has 23 heavy (non-hydrogen) atoms. The zero-order valence-corrected chi connectivity index (χ0v) is 14.4. The Kier molecular flexibility index (Phi) is 3.67. The number of thiocarbonyl (C=S) groups is 1. The third kappa shape index (κ3) is 3.01. The molecule has 4 saturated carbocycles. The fraction of sp³-hybridized carbons (Fsp3) is 0.579. The second-order valence-corrected chi connectivity index (χ2v) is 8.38. The maximum Gasteiger partial charge on any atom is 0.257 e. The van der Waals surface area contributed by atoms with Crippen molar-refractivity contribution < 1.29 is 4.79 Å². The highest BCUT2D eigenvalue weighted by Crippen LogP contribution is 2.55. The number of amides is 1. The van der Waals surface area contributed by atoms with Gasteiger partial charge < -0.3 is 5.32 Å². The molecular weight excluding hydrogens is 304 g/mol. The maximum absolute atomic E-state index is 12.4. The summed E-state index contributed by atoms with van der Waals surface area (Å²) in [5.74, 6) is 2.48. The molecule has 1 amide bonds. The average Bonchev–Trinajstić information content (AvgIpc) is 2.44. The SMILES string of the molecule is Cc1cccc(C(=O)NC(=S)NC23CC4CC(CC(C4)C2)C3)c1. The Balaban J connectivity index is 1.41. The summed E-state index contributed by atoms with van der Waals surface area (Å²) in [5.41, 5.74) is 1.89. The monoisotopic (exact) mass is 328 g/mol. The van der Waals surface area contributed by atoms with Gasteiger partial charge in [0.15, 0.2) is 5.11 Å². The van der Waals surface area contributed by atoms with Crippen molar-refractivity contribution in [3.8, 4) is 0 Å². The van der Waals surface area contributed by atoms with Crippen molar-refractivity contribution in [1.29, 1.82) is 0 Å². The molecule has 4 aliphatic carbocycles. The van der Waals surface area contributed by atoms with Crippen LogP contribution in [0.25, 0.3) is 0 Å². The first-order chi connectivity index (χ1) is 11.0. The Bertz CT molecular complexity index is 619. The van der Waals surface area contributed by atoms with E-state index in [4.69, 9.17) is 12.2 Å². The fourth-order valence-electron chi connectivity index (χ4n) is 5.50. The van der Waals surface area contributed by atoms with Gasteiger partial charge in [-0.2, -0.15) is 0 Å². The summed E-state index contributed by atoms with van der Waals surface area (Å²) in [5, 5.41) is 6.92. The number of nitrogens with one attached hydrogen (secondary N) is 2. The van der Waals surface area contributed by atoms with Gasteiger partial charge >= 0.3 is 0 Å². The lowest BCUT2D eigenvalue weighted by Gasteiger charge is -2.57. The van der Waals surface area contributed by atoms with Crippen molar-refractivity contribution in [3.63, 3.8) is 0 Å². The molecule has 0 atom stereocenters. The predicted molar refractivity (Wildman–Crippen MR) is 95.3 cm³/mol. The van der Waals surface area contributed by atoms with Gasteiger partial charge in [0.05, 0.1) is 0 Å². The Morgan fingerprint density at radius 2 is 1.74 bits per heavy atom. The lowest BCUT2D eigenvalue weighted by atomic mass is 9.53. The van der Waals surface area contributed by atoms with Gasteiger partial charge in [0, 0.05) is 11.1 Å². The normalized spacial score (nSPS) is 34.2. The number of aryl methyl sites for hydroxylation is 1. The molecule has 1 aromatic carbocycles. The molecule has 0 aromatic heterocycles. The number of carbonyl (C=O) groups is 1. The first-order valence-corrected chi connectivity index (χ1v) is 9.12. The van der Waals surface area contributed by atoms with E-state index in [0.29, 0.717) is 10.7 Å². The highest BCUT2D eigenvalue weighted by atomic mass is 32.1. The van der Waals surface area contributed by atoms with Gasteiger partial charge in [-0.1, -0.05) is 17.7 Å². The lowest BCUT2D eigenvalue weighted by Crippen LogP contribution is -2.61. The molecule has 4 fully saturated rings. The van der Waals surface area contributed by atoms with Crippen molar-refractivity contribution in [3.05, 3.63) is 35.4 Å². The molecule has 4 aliphatic rings. The van der Waals surface area contributed by atoms with Crippen LogP contribution in [0.15, 0.2) is 24.3 Å². The molecule has 0 saturated heterocycles. The number of rotatable bonds is 2. The highest BCUT2D eigenvalue weighted by molar-refractivity contribution is 7.80. The first-order valence-electron chi connectivity index (χ1n) is 8.71. The molecule has 3 nitrogen and oxygen atoms in total. The van der Waals surface area contributed by atoms with Crippen LogP contribution in [0.5, 0.6) is 0 Å². The molecule has 4 bridgehead atoms. The molecule has 4 heteroatoms. The van der Waals surface area contributed by atoms with Crippen LogP contribution in [0.4, 0.5) is 0 Å². The fourth-order valence-corrected chi connectivity index (χ4v) is 5.81.